The van der Waals surface area contributed by atoms with Crippen LogP contribution >= 0.6 is 0 Å². The zero-order valence-corrected chi connectivity index (χ0v) is 11.8. The summed E-state index contributed by atoms with van der Waals surface area (Å²) in [4.78, 5) is 23.3. The van der Waals surface area contributed by atoms with Crippen LogP contribution in [0.2, 0.25) is 0 Å². The minimum absolute atomic E-state index is 0.121. The minimum atomic E-state index is -0.590. The highest BCUT2D eigenvalue weighted by molar-refractivity contribution is 5.31. The Balaban J connectivity index is 2.13. The second kappa shape index (κ2) is 5.87. The first kappa shape index (κ1) is 14.9. The van der Waals surface area contributed by atoms with Crippen molar-refractivity contribution < 1.29 is 19.0 Å². The maximum Gasteiger partial charge on any atom is 0.342 e. The molecule has 6 nitrogen and oxygen atoms in total. The van der Waals surface area contributed by atoms with Crippen molar-refractivity contribution in [3.63, 3.8) is 0 Å². The zero-order chi connectivity index (χ0) is 15.6. The first-order chi connectivity index (χ1) is 9.88. The van der Waals surface area contributed by atoms with Crippen LogP contribution in [0.25, 0.3) is 0 Å². The van der Waals surface area contributed by atoms with Crippen molar-refractivity contribution in [3.8, 4) is 11.5 Å². The molecule has 0 aromatic carbocycles. The van der Waals surface area contributed by atoms with Gasteiger partial charge < -0.3 is 19.0 Å². The molecule has 2 aromatic rings. The predicted octanol–water partition coefficient (Wildman–Crippen LogP) is 1.80. The third-order valence-electron chi connectivity index (χ3n) is 3.15. The van der Waals surface area contributed by atoms with Crippen molar-refractivity contribution in [1.82, 2.24) is 0 Å². The fraction of sp³-hybridized carbons (Fsp3) is 0.333. The Labute approximate surface area is 120 Å². The smallest absolute Gasteiger partial charge is 0.342 e. The van der Waals surface area contributed by atoms with E-state index in [-0.39, 0.29) is 35.5 Å². The lowest BCUT2D eigenvalue weighted by Crippen LogP contribution is -2.11. The highest BCUT2D eigenvalue weighted by Gasteiger charge is 2.13. The Bertz CT molecular complexity index is 703. The summed E-state index contributed by atoms with van der Waals surface area (Å²) >= 11 is 0. The Morgan fingerprint density at radius 3 is 1.57 bits per heavy atom. The van der Waals surface area contributed by atoms with Crippen molar-refractivity contribution in [2.45, 2.75) is 33.1 Å². The van der Waals surface area contributed by atoms with Crippen molar-refractivity contribution in [2.24, 2.45) is 0 Å². The quantitative estimate of drug-likeness (QED) is 0.891. The van der Waals surface area contributed by atoms with E-state index in [1.54, 1.807) is 13.8 Å². The van der Waals surface area contributed by atoms with Gasteiger partial charge in [0.15, 0.2) is 0 Å². The van der Waals surface area contributed by atoms with Gasteiger partial charge in [-0.05, 0) is 33.1 Å². The summed E-state index contributed by atoms with van der Waals surface area (Å²) < 4.78 is 9.82. The SMILES string of the molecule is Cc1cc(O)c(CCCc2c(O)cc(C)oc2=O)c(=O)o1. The summed E-state index contributed by atoms with van der Waals surface area (Å²) in [5, 5.41) is 19.5. The van der Waals surface area contributed by atoms with Gasteiger partial charge in [-0.3, -0.25) is 0 Å². The van der Waals surface area contributed by atoms with Gasteiger partial charge in [0.05, 0.1) is 11.1 Å². The lowest BCUT2D eigenvalue weighted by Gasteiger charge is -2.05. The van der Waals surface area contributed by atoms with Gasteiger partial charge in [-0.15, -0.1) is 0 Å². The summed E-state index contributed by atoms with van der Waals surface area (Å²) in [6, 6.07) is 2.74. The molecular formula is C15H16O6. The molecule has 112 valence electrons. The molecule has 0 fully saturated rings. The molecule has 0 aliphatic carbocycles. The van der Waals surface area contributed by atoms with Gasteiger partial charge in [0.1, 0.15) is 23.0 Å². The average Bonchev–Trinajstić information content (AvgIpc) is 2.34. The highest BCUT2D eigenvalue weighted by atomic mass is 16.4. The largest absolute Gasteiger partial charge is 0.507 e. The lowest BCUT2D eigenvalue weighted by molar-refractivity contribution is 0.416. The van der Waals surface area contributed by atoms with Gasteiger partial charge in [-0.1, -0.05) is 0 Å². The van der Waals surface area contributed by atoms with Gasteiger partial charge in [0, 0.05) is 12.1 Å². The standard InChI is InChI=1S/C15H16O6/c1-8-6-12(16)10(14(18)20-8)4-3-5-11-13(17)7-9(2)21-15(11)19/h6-7,16-17H,3-5H2,1-2H3. The number of aryl methyl sites for hydroxylation is 2. The molecule has 0 saturated heterocycles. The van der Waals surface area contributed by atoms with Crippen LogP contribution in [-0.2, 0) is 12.8 Å². The first-order valence-corrected chi connectivity index (χ1v) is 6.53. The van der Waals surface area contributed by atoms with Crippen molar-refractivity contribution in [1.29, 1.82) is 0 Å². The number of rotatable bonds is 4. The topological polar surface area (TPSA) is 101 Å². The monoisotopic (exact) mass is 292 g/mol. The number of aromatic hydroxyl groups is 2. The van der Waals surface area contributed by atoms with Gasteiger partial charge >= 0.3 is 11.3 Å². The Hall–Kier alpha value is -2.50. The predicted molar refractivity (Wildman–Crippen MR) is 74.8 cm³/mol. The molecule has 0 saturated carbocycles. The van der Waals surface area contributed by atoms with Gasteiger partial charge in [0.2, 0.25) is 0 Å². The van der Waals surface area contributed by atoms with Crippen LogP contribution in [-0.4, -0.2) is 10.2 Å². The third kappa shape index (κ3) is 3.34. The molecule has 2 aromatic heterocycles. The minimum Gasteiger partial charge on any atom is -0.507 e. The summed E-state index contributed by atoms with van der Waals surface area (Å²) in [6.07, 6.45) is 0.866. The summed E-state index contributed by atoms with van der Waals surface area (Å²) in [7, 11) is 0. The molecule has 0 aliphatic heterocycles. The van der Waals surface area contributed by atoms with Crippen LogP contribution in [0.1, 0.15) is 29.1 Å². The molecular weight excluding hydrogens is 276 g/mol. The van der Waals surface area contributed by atoms with Crippen molar-refractivity contribution >= 4 is 0 Å². The average molecular weight is 292 g/mol. The van der Waals surface area contributed by atoms with Gasteiger partial charge in [0.25, 0.3) is 0 Å². The van der Waals surface area contributed by atoms with E-state index < -0.39 is 11.3 Å². The molecule has 0 bridgehead atoms. The lowest BCUT2D eigenvalue weighted by atomic mass is 10.1. The van der Waals surface area contributed by atoms with Gasteiger partial charge in [-0.2, -0.15) is 0 Å². The summed E-state index contributed by atoms with van der Waals surface area (Å²) in [5.74, 6) is 0.420. The van der Waals surface area contributed by atoms with Crippen LogP contribution in [0.5, 0.6) is 11.5 Å². The molecule has 0 atom stereocenters. The van der Waals surface area contributed by atoms with Crippen LogP contribution < -0.4 is 11.3 Å². The Morgan fingerprint density at radius 2 is 1.24 bits per heavy atom. The second-order valence-corrected chi connectivity index (χ2v) is 4.87. The molecule has 2 heterocycles. The van der Waals surface area contributed by atoms with E-state index in [4.69, 9.17) is 8.83 Å². The molecule has 0 unspecified atom stereocenters. The zero-order valence-electron chi connectivity index (χ0n) is 11.8. The second-order valence-electron chi connectivity index (χ2n) is 4.87. The molecule has 6 heteroatoms. The Kier molecular flexibility index (Phi) is 4.16. The highest BCUT2D eigenvalue weighted by Crippen LogP contribution is 2.19. The molecule has 0 amide bonds. The van der Waals surface area contributed by atoms with Crippen LogP contribution in [0.15, 0.2) is 30.6 Å². The third-order valence-corrected chi connectivity index (χ3v) is 3.15. The number of hydrogen-bond donors (Lipinski definition) is 2. The maximum atomic E-state index is 11.6. The van der Waals surface area contributed by atoms with E-state index in [0.717, 1.165) is 0 Å². The maximum absolute atomic E-state index is 11.6. The van der Waals surface area contributed by atoms with Gasteiger partial charge in [-0.25, -0.2) is 9.59 Å². The first-order valence-electron chi connectivity index (χ1n) is 6.53. The van der Waals surface area contributed by atoms with Crippen molar-refractivity contribution in [2.75, 3.05) is 0 Å². The normalized spacial score (nSPS) is 10.8. The fourth-order valence-electron chi connectivity index (χ4n) is 2.15. The van der Waals surface area contributed by atoms with E-state index in [2.05, 4.69) is 0 Å². The van der Waals surface area contributed by atoms with Crippen LogP contribution in [0.3, 0.4) is 0 Å². The molecule has 21 heavy (non-hydrogen) atoms. The van der Waals surface area contributed by atoms with E-state index in [0.29, 0.717) is 17.9 Å². The Morgan fingerprint density at radius 1 is 0.857 bits per heavy atom. The van der Waals surface area contributed by atoms with Crippen LogP contribution in [0, 0.1) is 13.8 Å². The van der Waals surface area contributed by atoms with Crippen molar-refractivity contribution in [3.05, 3.63) is 55.6 Å². The summed E-state index contributed by atoms with van der Waals surface area (Å²) in [6.45, 7) is 3.14. The molecule has 0 radical (unpaired) electrons. The molecule has 2 N–H and O–H groups in total. The van der Waals surface area contributed by atoms with E-state index in [9.17, 15) is 19.8 Å². The van der Waals surface area contributed by atoms with E-state index in [1.165, 1.54) is 12.1 Å². The summed E-state index contributed by atoms with van der Waals surface area (Å²) in [5.41, 5.74) is -0.853. The number of hydrogen-bond acceptors (Lipinski definition) is 6. The van der Waals surface area contributed by atoms with Crippen LogP contribution in [0.4, 0.5) is 0 Å². The van der Waals surface area contributed by atoms with E-state index in [1.807, 2.05) is 0 Å². The fourth-order valence-corrected chi connectivity index (χ4v) is 2.15. The van der Waals surface area contributed by atoms with E-state index >= 15 is 0 Å². The molecule has 0 aliphatic rings. The molecule has 0 spiro atoms. The molecule has 2 rings (SSSR count).